The fourth-order valence-corrected chi connectivity index (χ4v) is 2.10. The molecule has 3 nitrogen and oxygen atoms in total. The molecule has 1 aromatic rings. The molecule has 16 heavy (non-hydrogen) atoms. The monoisotopic (exact) mass is 281 g/mol. The van der Waals surface area contributed by atoms with Crippen LogP contribution in [0.3, 0.4) is 0 Å². The lowest BCUT2D eigenvalue weighted by Crippen LogP contribution is -2.38. The zero-order chi connectivity index (χ0) is 11.5. The van der Waals surface area contributed by atoms with Gasteiger partial charge in [-0.25, -0.2) is 0 Å². The van der Waals surface area contributed by atoms with Gasteiger partial charge < -0.3 is 5.32 Å². The molecule has 1 aromatic carbocycles. The Morgan fingerprint density at radius 3 is 2.81 bits per heavy atom. The van der Waals surface area contributed by atoms with Gasteiger partial charge >= 0.3 is 0 Å². The molecule has 1 aliphatic carbocycles. The van der Waals surface area contributed by atoms with Crippen molar-refractivity contribution < 1.29 is 9.59 Å². The van der Waals surface area contributed by atoms with Crippen molar-refractivity contribution in [2.75, 3.05) is 0 Å². The molecule has 0 aromatic heterocycles. The zero-order valence-corrected chi connectivity index (χ0v) is 10.3. The number of Topliss-reactive ketones (excluding diaryl/α,β-unsaturated/α-hetero) is 1. The summed E-state index contributed by atoms with van der Waals surface area (Å²) in [4.78, 5) is 22.3. The number of amides is 1. The van der Waals surface area contributed by atoms with Gasteiger partial charge in [-0.2, -0.15) is 0 Å². The lowest BCUT2D eigenvalue weighted by atomic mass is 9.83. The summed E-state index contributed by atoms with van der Waals surface area (Å²) in [6, 6.07) is 7.79. The van der Waals surface area contributed by atoms with Gasteiger partial charge in [0.15, 0.2) is 0 Å². The maximum atomic E-state index is 11.6. The Morgan fingerprint density at radius 1 is 1.44 bits per heavy atom. The van der Waals surface area contributed by atoms with E-state index in [1.54, 1.807) is 0 Å². The summed E-state index contributed by atoms with van der Waals surface area (Å²) in [6.45, 7) is 0.517. The summed E-state index contributed by atoms with van der Waals surface area (Å²) < 4.78 is 0.998. The van der Waals surface area contributed by atoms with E-state index in [0.29, 0.717) is 19.4 Å². The van der Waals surface area contributed by atoms with Crippen LogP contribution in [0.15, 0.2) is 28.7 Å². The van der Waals surface area contributed by atoms with E-state index >= 15 is 0 Å². The second kappa shape index (κ2) is 4.78. The first-order chi connectivity index (χ1) is 7.65. The SMILES string of the molecule is O=C1CC(C(=O)NCc2cccc(Br)c2)C1. The molecule has 1 aliphatic rings. The highest BCUT2D eigenvalue weighted by Gasteiger charge is 2.32. The fraction of sp³-hybridized carbons (Fsp3) is 0.333. The van der Waals surface area contributed by atoms with Crippen LogP contribution in [0.25, 0.3) is 0 Å². The van der Waals surface area contributed by atoms with Crippen molar-refractivity contribution in [1.82, 2.24) is 5.32 Å². The van der Waals surface area contributed by atoms with E-state index in [1.165, 1.54) is 0 Å². The molecule has 1 saturated carbocycles. The van der Waals surface area contributed by atoms with E-state index in [9.17, 15) is 9.59 Å². The summed E-state index contributed by atoms with van der Waals surface area (Å²) in [5.41, 5.74) is 1.05. The average molecular weight is 282 g/mol. The molecule has 0 bridgehead atoms. The summed E-state index contributed by atoms with van der Waals surface area (Å²) in [5.74, 6) is 0.0711. The van der Waals surface area contributed by atoms with Gasteiger partial charge in [0.25, 0.3) is 0 Å². The smallest absolute Gasteiger partial charge is 0.224 e. The van der Waals surface area contributed by atoms with E-state index in [1.807, 2.05) is 24.3 Å². The van der Waals surface area contributed by atoms with Crippen molar-refractivity contribution in [2.45, 2.75) is 19.4 Å². The molecule has 0 heterocycles. The zero-order valence-electron chi connectivity index (χ0n) is 8.70. The maximum Gasteiger partial charge on any atom is 0.224 e. The predicted octanol–water partition coefficient (Wildman–Crippen LogP) is 2.04. The second-order valence-electron chi connectivity index (χ2n) is 3.99. The number of benzene rings is 1. The van der Waals surface area contributed by atoms with Crippen LogP contribution in [0.1, 0.15) is 18.4 Å². The molecule has 1 fully saturated rings. The minimum absolute atomic E-state index is 0.0143. The number of ketones is 1. The molecule has 0 aliphatic heterocycles. The molecular formula is C12H12BrNO2. The van der Waals surface area contributed by atoms with Crippen LogP contribution in [0.4, 0.5) is 0 Å². The fourth-order valence-electron chi connectivity index (χ4n) is 1.66. The van der Waals surface area contributed by atoms with Gasteiger partial charge in [0.2, 0.25) is 5.91 Å². The van der Waals surface area contributed by atoms with Crippen LogP contribution in [-0.4, -0.2) is 11.7 Å². The number of hydrogen-bond acceptors (Lipinski definition) is 2. The predicted molar refractivity (Wildman–Crippen MR) is 63.7 cm³/mol. The molecular weight excluding hydrogens is 270 g/mol. The van der Waals surface area contributed by atoms with Crippen LogP contribution in [0.5, 0.6) is 0 Å². The van der Waals surface area contributed by atoms with Crippen molar-refractivity contribution in [3.8, 4) is 0 Å². The third-order valence-electron chi connectivity index (χ3n) is 2.67. The minimum Gasteiger partial charge on any atom is -0.352 e. The first-order valence-electron chi connectivity index (χ1n) is 5.19. The Kier molecular flexibility index (Phi) is 3.39. The molecule has 0 atom stereocenters. The van der Waals surface area contributed by atoms with Gasteiger partial charge in [0.1, 0.15) is 5.78 Å². The highest BCUT2D eigenvalue weighted by atomic mass is 79.9. The van der Waals surface area contributed by atoms with E-state index < -0.39 is 0 Å². The van der Waals surface area contributed by atoms with Gasteiger partial charge in [-0.15, -0.1) is 0 Å². The Labute approximate surface area is 102 Å². The van der Waals surface area contributed by atoms with Gasteiger partial charge in [-0.05, 0) is 17.7 Å². The number of carbonyl (C=O) groups is 2. The average Bonchev–Trinajstić information content (AvgIpc) is 2.22. The van der Waals surface area contributed by atoms with Gasteiger partial charge in [-0.1, -0.05) is 28.1 Å². The molecule has 2 rings (SSSR count). The Bertz CT molecular complexity index is 423. The van der Waals surface area contributed by atoms with Crippen molar-refractivity contribution in [2.24, 2.45) is 5.92 Å². The van der Waals surface area contributed by atoms with Gasteiger partial charge in [0.05, 0.1) is 5.92 Å². The lowest BCUT2D eigenvalue weighted by molar-refractivity contribution is -0.138. The van der Waals surface area contributed by atoms with E-state index in [-0.39, 0.29) is 17.6 Å². The van der Waals surface area contributed by atoms with Crippen LogP contribution in [-0.2, 0) is 16.1 Å². The standard InChI is InChI=1S/C12H12BrNO2/c13-10-3-1-2-8(4-10)7-14-12(16)9-5-11(15)6-9/h1-4,9H,5-7H2,(H,14,16). The van der Waals surface area contributed by atoms with Crippen LogP contribution >= 0.6 is 15.9 Å². The molecule has 84 valence electrons. The Balaban J connectivity index is 1.83. The molecule has 4 heteroatoms. The van der Waals surface area contributed by atoms with Gasteiger partial charge in [-0.3, -0.25) is 9.59 Å². The maximum absolute atomic E-state index is 11.6. The summed E-state index contributed by atoms with van der Waals surface area (Å²) in [5, 5.41) is 2.84. The molecule has 0 radical (unpaired) electrons. The topological polar surface area (TPSA) is 46.2 Å². The third-order valence-corrected chi connectivity index (χ3v) is 3.17. The molecule has 0 spiro atoms. The first-order valence-corrected chi connectivity index (χ1v) is 5.98. The highest BCUT2D eigenvalue weighted by molar-refractivity contribution is 9.10. The molecule has 1 amide bonds. The van der Waals surface area contributed by atoms with E-state index in [4.69, 9.17) is 0 Å². The van der Waals surface area contributed by atoms with Gasteiger partial charge in [0, 0.05) is 23.9 Å². The number of hydrogen-bond donors (Lipinski definition) is 1. The second-order valence-corrected chi connectivity index (χ2v) is 4.91. The largest absolute Gasteiger partial charge is 0.352 e. The summed E-state index contributed by atoms with van der Waals surface area (Å²) in [7, 11) is 0. The summed E-state index contributed by atoms with van der Waals surface area (Å²) in [6.07, 6.45) is 0.814. The number of rotatable bonds is 3. The van der Waals surface area contributed by atoms with Crippen LogP contribution < -0.4 is 5.32 Å². The molecule has 1 N–H and O–H groups in total. The van der Waals surface area contributed by atoms with Crippen molar-refractivity contribution >= 4 is 27.6 Å². The minimum atomic E-state index is -0.0975. The van der Waals surface area contributed by atoms with Crippen molar-refractivity contribution in [3.05, 3.63) is 34.3 Å². The quantitative estimate of drug-likeness (QED) is 0.922. The van der Waals surface area contributed by atoms with Crippen LogP contribution in [0.2, 0.25) is 0 Å². The Morgan fingerprint density at radius 2 is 2.19 bits per heavy atom. The number of halogens is 1. The summed E-state index contributed by atoms with van der Waals surface area (Å²) >= 11 is 3.37. The molecule has 0 saturated heterocycles. The lowest BCUT2D eigenvalue weighted by Gasteiger charge is -2.22. The Hall–Kier alpha value is -1.16. The van der Waals surface area contributed by atoms with Crippen molar-refractivity contribution in [3.63, 3.8) is 0 Å². The first kappa shape index (κ1) is 11.3. The van der Waals surface area contributed by atoms with E-state index in [2.05, 4.69) is 21.2 Å². The third kappa shape index (κ3) is 2.70. The normalized spacial score (nSPS) is 15.7. The highest BCUT2D eigenvalue weighted by Crippen LogP contribution is 2.22. The van der Waals surface area contributed by atoms with Crippen molar-refractivity contribution in [1.29, 1.82) is 0 Å². The van der Waals surface area contributed by atoms with Crippen LogP contribution in [0, 0.1) is 5.92 Å². The molecule has 0 unspecified atom stereocenters. The number of carbonyl (C=O) groups excluding carboxylic acids is 2. The van der Waals surface area contributed by atoms with E-state index in [0.717, 1.165) is 10.0 Å². The number of nitrogens with one attached hydrogen (secondary N) is 1.